The summed E-state index contributed by atoms with van der Waals surface area (Å²) in [5.74, 6) is 0.928. The van der Waals surface area contributed by atoms with Gasteiger partial charge >= 0.3 is 0 Å². The van der Waals surface area contributed by atoms with Crippen LogP contribution in [0.1, 0.15) is 28.4 Å². The third kappa shape index (κ3) is 2.18. The van der Waals surface area contributed by atoms with Crippen molar-refractivity contribution in [2.24, 2.45) is 0 Å². The Labute approximate surface area is 117 Å². The van der Waals surface area contributed by atoms with Gasteiger partial charge in [-0.3, -0.25) is 0 Å². The smallest absolute Gasteiger partial charge is 0.128 e. The van der Waals surface area contributed by atoms with Crippen molar-refractivity contribution in [3.05, 3.63) is 63.7 Å². The van der Waals surface area contributed by atoms with Crippen LogP contribution in [-0.2, 0) is 6.42 Å². The predicted molar refractivity (Wildman–Crippen MR) is 74.4 cm³/mol. The molecule has 0 aromatic heterocycles. The van der Waals surface area contributed by atoms with Gasteiger partial charge in [0.25, 0.3) is 0 Å². The number of nitriles is 1. The predicted octanol–water partition coefficient (Wildman–Crippen LogP) is 4.20. The van der Waals surface area contributed by atoms with E-state index in [1.165, 1.54) is 0 Å². The highest BCUT2D eigenvalue weighted by atomic mass is 35.5. The van der Waals surface area contributed by atoms with Gasteiger partial charge in [0.05, 0.1) is 11.6 Å². The number of halogens is 1. The van der Waals surface area contributed by atoms with Crippen LogP contribution in [0.4, 0.5) is 0 Å². The number of hydrogen-bond acceptors (Lipinski definition) is 2. The van der Waals surface area contributed by atoms with Crippen LogP contribution >= 0.6 is 11.6 Å². The molecule has 94 valence electrons. The average molecular weight is 270 g/mol. The Morgan fingerprint density at radius 1 is 1.32 bits per heavy atom. The second-order valence-electron chi connectivity index (χ2n) is 4.76. The Balaban J connectivity index is 1.95. The first-order chi connectivity index (χ1) is 9.17. The molecule has 1 atom stereocenters. The maximum atomic E-state index is 8.95. The first-order valence-corrected chi connectivity index (χ1v) is 6.51. The van der Waals surface area contributed by atoms with Crippen LogP contribution in [0, 0.1) is 18.3 Å². The molecule has 0 bridgehead atoms. The molecule has 0 saturated heterocycles. The third-order valence-corrected chi connectivity index (χ3v) is 3.59. The summed E-state index contributed by atoms with van der Waals surface area (Å²) < 4.78 is 6.01. The quantitative estimate of drug-likeness (QED) is 0.777. The topological polar surface area (TPSA) is 33.0 Å². The van der Waals surface area contributed by atoms with Crippen LogP contribution in [0.5, 0.6) is 5.75 Å². The minimum atomic E-state index is -0.0273. The second kappa shape index (κ2) is 4.60. The number of benzene rings is 2. The van der Waals surface area contributed by atoms with Crippen molar-refractivity contribution in [3.63, 3.8) is 0 Å². The van der Waals surface area contributed by atoms with Gasteiger partial charge in [-0.05, 0) is 47.9 Å². The molecule has 0 spiro atoms. The fourth-order valence-electron chi connectivity index (χ4n) is 2.50. The Morgan fingerprint density at radius 3 is 2.95 bits per heavy atom. The number of hydrogen-bond donors (Lipinski definition) is 0. The zero-order valence-corrected chi connectivity index (χ0v) is 11.2. The van der Waals surface area contributed by atoms with Gasteiger partial charge in [0.1, 0.15) is 11.9 Å². The lowest BCUT2D eigenvalue weighted by Crippen LogP contribution is -2.03. The lowest BCUT2D eigenvalue weighted by atomic mass is 10.0. The van der Waals surface area contributed by atoms with E-state index < -0.39 is 0 Å². The fraction of sp³-hybridized carbons (Fsp3) is 0.188. The van der Waals surface area contributed by atoms with E-state index in [-0.39, 0.29) is 6.10 Å². The highest BCUT2D eigenvalue weighted by Crippen LogP contribution is 2.40. The molecule has 1 unspecified atom stereocenters. The van der Waals surface area contributed by atoms with E-state index in [1.54, 1.807) is 6.07 Å². The molecule has 1 heterocycles. The van der Waals surface area contributed by atoms with Crippen molar-refractivity contribution < 1.29 is 4.74 Å². The molecule has 2 aromatic carbocycles. The first-order valence-electron chi connectivity index (χ1n) is 6.13. The minimum Gasteiger partial charge on any atom is -0.485 e. The van der Waals surface area contributed by atoms with Gasteiger partial charge in [-0.15, -0.1) is 0 Å². The van der Waals surface area contributed by atoms with Gasteiger partial charge in [-0.25, -0.2) is 0 Å². The molecule has 19 heavy (non-hydrogen) atoms. The van der Waals surface area contributed by atoms with Crippen LogP contribution in [0.2, 0.25) is 5.02 Å². The molecule has 0 N–H and O–H groups in total. The standard InChI is InChI=1S/C16H12ClNO/c1-10-5-14(17)7-13-8-15(19-16(10)13)12-4-2-3-11(6-12)9-18/h2-7,15H,8H2,1H3. The maximum Gasteiger partial charge on any atom is 0.128 e. The van der Waals surface area contributed by atoms with Gasteiger partial charge < -0.3 is 4.74 Å². The average Bonchev–Trinajstić information content (AvgIpc) is 2.83. The summed E-state index contributed by atoms with van der Waals surface area (Å²) in [4.78, 5) is 0. The van der Waals surface area contributed by atoms with Crippen LogP contribution in [-0.4, -0.2) is 0 Å². The molecule has 0 radical (unpaired) electrons. The first kappa shape index (κ1) is 12.1. The highest BCUT2D eigenvalue weighted by molar-refractivity contribution is 6.30. The molecule has 2 nitrogen and oxygen atoms in total. The monoisotopic (exact) mass is 269 g/mol. The molecular weight excluding hydrogens is 258 g/mol. The van der Waals surface area contributed by atoms with Crippen molar-refractivity contribution in [1.82, 2.24) is 0 Å². The Morgan fingerprint density at radius 2 is 2.16 bits per heavy atom. The van der Waals surface area contributed by atoms with Crippen LogP contribution in [0.3, 0.4) is 0 Å². The lowest BCUT2D eigenvalue weighted by Gasteiger charge is -2.12. The highest BCUT2D eigenvalue weighted by Gasteiger charge is 2.26. The lowest BCUT2D eigenvalue weighted by molar-refractivity contribution is 0.237. The number of nitrogens with zero attached hydrogens (tertiary/aromatic N) is 1. The van der Waals surface area contributed by atoms with E-state index in [1.807, 2.05) is 37.3 Å². The molecule has 3 rings (SSSR count). The number of fused-ring (bicyclic) bond motifs is 1. The van der Waals surface area contributed by atoms with E-state index >= 15 is 0 Å². The second-order valence-corrected chi connectivity index (χ2v) is 5.20. The summed E-state index contributed by atoms with van der Waals surface area (Å²) in [6.07, 6.45) is 0.770. The van der Waals surface area contributed by atoms with Crippen LogP contribution < -0.4 is 4.74 Å². The third-order valence-electron chi connectivity index (χ3n) is 3.37. The van der Waals surface area contributed by atoms with E-state index in [2.05, 4.69) is 6.07 Å². The summed E-state index contributed by atoms with van der Waals surface area (Å²) >= 11 is 6.07. The Kier molecular flexibility index (Phi) is 2.93. The van der Waals surface area contributed by atoms with Crippen molar-refractivity contribution in [2.75, 3.05) is 0 Å². The van der Waals surface area contributed by atoms with E-state index in [9.17, 15) is 0 Å². The minimum absolute atomic E-state index is 0.0273. The molecule has 1 aliphatic heterocycles. The summed E-state index contributed by atoms with van der Waals surface area (Å²) in [5.41, 5.74) is 3.89. The fourth-order valence-corrected chi connectivity index (χ4v) is 2.79. The van der Waals surface area contributed by atoms with Gasteiger partial charge in [0, 0.05) is 11.4 Å². The van der Waals surface area contributed by atoms with Crippen molar-refractivity contribution in [1.29, 1.82) is 5.26 Å². The molecule has 0 aliphatic carbocycles. The molecule has 3 heteroatoms. The van der Waals surface area contributed by atoms with Crippen molar-refractivity contribution >= 4 is 11.6 Å². The summed E-state index contributed by atoms with van der Waals surface area (Å²) in [6, 6.07) is 13.6. The zero-order valence-electron chi connectivity index (χ0n) is 10.5. The number of ether oxygens (including phenoxy) is 1. The van der Waals surface area contributed by atoms with Gasteiger partial charge in [0.2, 0.25) is 0 Å². The molecular formula is C16H12ClNO. The molecule has 0 amide bonds. The van der Waals surface area contributed by atoms with E-state index in [4.69, 9.17) is 21.6 Å². The van der Waals surface area contributed by atoms with Gasteiger partial charge in [0.15, 0.2) is 0 Å². The Hall–Kier alpha value is -1.98. The molecule has 1 aliphatic rings. The zero-order chi connectivity index (χ0) is 13.4. The SMILES string of the molecule is Cc1cc(Cl)cc2c1OC(c1cccc(C#N)c1)C2. The number of aryl methyl sites for hydroxylation is 1. The van der Waals surface area contributed by atoms with E-state index in [0.29, 0.717) is 5.56 Å². The molecule has 0 saturated carbocycles. The largest absolute Gasteiger partial charge is 0.485 e. The normalized spacial score (nSPS) is 16.6. The van der Waals surface area contributed by atoms with Crippen LogP contribution in [0.25, 0.3) is 0 Å². The number of rotatable bonds is 1. The van der Waals surface area contributed by atoms with E-state index in [0.717, 1.165) is 33.9 Å². The van der Waals surface area contributed by atoms with Gasteiger partial charge in [-0.2, -0.15) is 5.26 Å². The maximum absolute atomic E-state index is 8.95. The van der Waals surface area contributed by atoms with Crippen molar-refractivity contribution in [3.8, 4) is 11.8 Å². The van der Waals surface area contributed by atoms with Crippen molar-refractivity contribution in [2.45, 2.75) is 19.4 Å². The molecule has 0 fully saturated rings. The van der Waals surface area contributed by atoms with Crippen LogP contribution in [0.15, 0.2) is 36.4 Å². The Bertz CT molecular complexity index is 688. The summed E-state index contributed by atoms with van der Waals surface area (Å²) in [6.45, 7) is 2.00. The summed E-state index contributed by atoms with van der Waals surface area (Å²) in [7, 11) is 0. The van der Waals surface area contributed by atoms with Gasteiger partial charge in [-0.1, -0.05) is 23.7 Å². The molecule has 2 aromatic rings. The summed E-state index contributed by atoms with van der Waals surface area (Å²) in [5, 5.41) is 9.69.